The molecule has 7 heteroatoms. The smallest absolute Gasteiger partial charge is 0.256 e. The number of hydrogen-bond acceptors (Lipinski definition) is 4. The quantitative estimate of drug-likeness (QED) is 0.440. The lowest BCUT2D eigenvalue weighted by atomic mass is 10.2. The van der Waals surface area contributed by atoms with Crippen molar-refractivity contribution >= 4 is 40.6 Å². The number of nitrogens with zero attached hydrogens (tertiary/aromatic N) is 1. The van der Waals surface area contributed by atoms with Gasteiger partial charge in [-0.05, 0) is 62.2 Å². The molecule has 0 radical (unpaired) electrons. The van der Waals surface area contributed by atoms with E-state index in [1.165, 1.54) is 23.9 Å². The Morgan fingerprint density at radius 2 is 1.67 bits per heavy atom. The number of halogens is 1. The molecule has 0 bridgehead atoms. The van der Waals surface area contributed by atoms with E-state index in [-0.39, 0.29) is 23.4 Å². The normalized spacial score (nSPS) is 13.1. The van der Waals surface area contributed by atoms with Crippen LogP contribution in [0.15, 0.2) is 71.6 Å². The van der Waals surface area contributed by atoms with Crippen LogP contribution in [0, 0.1) is 12.7 Å². The molecule has 0 spiro atoms. The summed E-state index contributed by atoms with van der Waals surface area (Å²) in [5, 5.41) is 5.68. The van der Waals surface area contributed by atoms with E-state index in [2.05, 4.69) is 15.5 Å². The minimum Gasteiger partial charge on any atom is -0.371 e. The minimum absolute atomic E-state index is 0.153. The van der Waals surface area contributed by atoms with Gasteiger partial charge in [0.2, 0.25) is 5.91 Å². The van der Waals surface area contributed by atoms with E-state index in [9.17, 15) is 14.0 Å². The van der Waals surface area contributed by atoms with E-state index < -0.39 is 0 Å². The zero-order valence-electron chi connectivity index (χ0n) is 18.4. The number of carbonyl (C=O) groups is 2. The third kappa shape index (κ3) is 6.14. The van der Waals surface area contributed by atoms with Crippen LogP contribution in [0.2, 0.25) is 0 Å². The number of nitrogens with one attached hydrogen (secondary N) is 2. The first kappa shape index (κ1) is 22.9. The molecule has 0 aromatic heterocycles. The summed E-state index contributed by atoms with van der Waals surface area (Å²) in [4.78, 5) is 28.2. The number of amides is 2. The maximum absolute atomic E-state index is 14.2. The van der Waals surface area contributed by atoms with Gasteiger partial charge in [-0.25, -0.2) is 4.39 Å². The van der Waals surface area contributed by atoms with E-state index in [4.69, 9.17) is 0 Å². The van der Waals surface area contributed by atoms with Gasteiger partial charge in [-0.15, -0.1) is 11.8 Å². The second kappa shape index (κ2) is 10.5. The lowest BCUT2D eigenvalue weighted by Crippen LogP contribution is -2.19. The monoisotopic (exact) mass is 463 g/mol. The summed E-state index contributed by atoms with van der Waals surface area (Å²) in [6.45, 7) is 3.77. The van der Waals surface area contributed by atoms with E-state index in [0.717, 1.165) is 42.9 Å². The van der Waals surface area contributed by atoms with Crippen molar-refractivity contribution in [2.75, 3.05) is 34.4 Å². The van der Waals surface area contributed by atoms with Crippen LogP contribution in [0.5, 0.6) is 0 Å². The zero-order chi connectivity index (χ0) is 23.2. The van der Waals surface area contributed by atoms with Gasteiger partial charge in [-0.2, -0.15) is 0 Å². The van der Waals surface area contributed by atoms with Gasteiger partial charge in [0.15, 0.2) is 0 Å². The lowest BCUT2D eigenvalue weighted by molar-refractivity contribution is -0.113. The maximum Gasteiger partial charge on any atom is 0.256 e. The van der Waals surface area contributed by atoms with Gasteiger partial charge in [0.1, 0.15) is 5.82 Å². The third-order valence-electron chi connectivity index (χ3n) is 5.44. The van der Waals surface area contributed by atoms with E-state index >= 15 is 0 Å². The van der Waals surface area contributed by atoms with Crippen molar-refractivity contribution in [1.82, 2.24) is 0 Å². The molecule has 2 N–H and O–H groups in total. The molecule has 0 unspecified atom stereocenters. The predicted molar refractivity (Wildman–Crippen MR) is 133 cm³/mol. The molecular formula is C26H26FN3O2S. The summed E-state index contributed by atoms with van der Waals surface area (Å²) in [6.07, 6.45) is 2.17. The molecule has 170 valence electrons. The zero-order valence-corrected chi connectivity index (χ0v) is 19.3. The number of hydrogen-bond donors (Lipinski definition) is 2. The number of carbonyl (C=O) groups excluding carboxylic acids is 2. The van der Waals surface area contributed by atoms with Crippen LogP contribution in [-0.4, -0.2) is 30.7 Å². The topological polar surface area (TPSA) is 61.4 Å². The van der Waals surface area contributed by atoms with Crippen molar-refractivity contribution in [2.24, 2.45) is 0 Å². The van der Waals surface area contributed by atoms with Gasteiger partial charge >= 0.3 is 0 Å². The van der Waals surface area contributed by atoms with Crippen LogP contribution >= 0.6 is 11.8 Å². The van der Waals surface area contributed by atoms with Gasteiger partial charge in [0.05, 0.1) is 11.3 Å². The van der Waals surface area contributed by atoms with Crippen molar-refractivity contribution < 1.29 is 14.0 Å². The Bertz CT molecular complexity index is 1140. The first-order valence-corrected chi connectivity index (χ1v) is 11.9. The van der Waals surface area contributed by atoms with Gasteiger partial charge in [0, 0.05) is 35.0 Å². The highest BCUT2D eigenvalue weighted by atomic mass is 32.2. The number of anilines is 3. The number of aryl methyl sites for hydroxylation is 1. The molecule has 3 aromatic rings. The van der Waals surface area contributed by atoms with Crippen LogP contribution in [0.4, 0.5) is 21.5 Å². The number of benzene rings is 3. The SMILES string of the molecule is Cc1ccc(NC(=O)CSc2ccccc2C(=O)Nc2cc(F)cc(N3CCCC3)c2)cc1. The fourth-order valence-electron chi connectivity index (χ4n) is 3.76. The standard InChI is InChI=1S/C26H26FN3O2S/c1-18-8-10-20(11-9-18)28-25(31)17-33-24-7-3-2-6-23(24)26(32)29-21-14-19(27)15-22(16-21)30-12-4-5-13-30/h2-3,6-11,14-16H,4-5,12-13,17H2,1H3,(H,28,31)(H,29,32). The fourth-order valence-corrected chi connectivity index (χ4v) is 4.61. The van der Waals surface area contributed by atoms with E-state index in [1.807, 2.05) is 37.3 Å². The molecule has 0 atom stereocenters. The molecule has 3 aromatic carbocycles. The molecule has 1 fully saturated rings. The minimum atomic E-state index is -0.384. The Labute approximate surface area is 197 Å². The van der Waals surface area contributed by atoms with Crippen LogP contribution in [0.25, 0.3) is 0 Å². The Kier molecular flexibility index (Phi) is 7.29. The van der Waals surface area contributed by atoms with Crippen molar-refractivity contribution in [2.45, 2.75) is 24.7 Å². The van der Waals surface area contributed by atoms with Crippen molar-refractivity contribution in [1.29, 1.82) is 0 Å². The molecule has 1 aliphatic heterocycles. The van der Waals surface area contributed by atoms with Crippen LogP contribution in [0.3, 0.4) is 0 Å². The maximum atomic E-state index is 14.2. The van der Waals surface area contributed by atoms with Gasteiger partial charge in [0.25, 0.3) is 5.91 Å². The molecule has 1 heterocycles. The summed E-state index contributed by atoms with van der Waals surface area (Å²) in [6, 6.07) is 19.3. The summed E-state index contributed by atoms with van der Waals surface area (Å²) in [5.74, 6) is -0.711. The molecule has 33 heavy (non-hydrogen) atoms. The molecule has 0 saturated carbocycles. The van der Waals surface area contributed by atoms with Crippen LogP contribution < -0.4 is 15.5 Å². The Hall–Kier alpha value is -3.32. The molecule has 2 amide bonds. The Balaban J connectivity index is 1.42. The Morgan fingerprint density at radius 1 is 0.939 bits per heavy atom. The average Bonchev–Trinajstić information content (AvgIpc) is 3.34. The molecule has 4 rings (SSSR count). The molecular weight excluding hydrogens is 437 g/mol. The van der Waals surface area contributed by atoms with Crippen LogP contribution in [0.1, 0.15) is 28.8 Å². The number of thioether (sulfide) groups is 1. The van der Waals surface area contributed by atoms with E-state index in [1.54, 1.807) is 24.3 Å². The molecule has 1 aliphatic rings. The highest BCUT2D eigenvalue weighted by Crippen LogP contribution is 2.27. The molecule has 5 nitrogen and oxygen atoms in total. The second-order valence-electron chi connectivity index (χ2n) is 8.05. The second-order valence-corrected chi connectivity index (χ2v) is 9.06. The summed E-state index contributed by atoms with van der Waals surface area (Å²) < 4.78 is 14.2. The highest BCUT2D eigenvalue weighted by Gasteiger charge is 2.17. The van der Waals surface area contributed by atoms with Gasteiger partial charge in [-0.1, -0.05) is 29.8 Å². The number of rotatable bonds is 7. The molecule has 1 saturated heterocycles. The average molecular weight is 464 g/mol. The Morgan fingerprint density at radius 3 is 2.42 bits per heavy atom. The molecule has 0 aliphatic carbocycles. The first-order chi connectivity index (χ1) is 16.0. The van der Waals surface area contributed by atoms with Crippen molar-refractivity contribution in [3.8, 4) is 0 Å². The predicted octanol–water partition coefficient (Wildman–Crippen LogP) is 5.72. The van der Waals surface area contributed by atoms with Crippen LogP contribution in [-0.2, 0) is 4.79 Å². The largest absolute Gasteiger partial charge is 0.371 e. The van der Waals surface area contributed by atoms with E-state index in [0.29, 0.717) is 16.1 Å². The fraction of sp³-hybridized carbons (Fsp3) is 0.231. The summed E-state index contributed by atoms with van der Waals surface area (Å²) in [7, 11) is 0. The summed E-state index contributed by atoms with van der Waals surface area (Å²) in [5.41, 5.74) is 3.49. The first-order valence-electron chi connectivity index (χ1n) is 10.9. The highest BCUT2D eigenvalue weighted by molar-refractivity contribution is 8.00. The summed E-state index contributed by atoms with van der Waals surface area (Å²) >= 11 is 1.29. The lowest BCUT2D eigenvalue weighted by Gasteiger charge is -2.19. The third-order valence-corrected chi connectivity index (χ3v) is 6.51. The van der Waals surface area contributed by atoms with Crippen molar-refractivity contribution in [3.05, 3.63) is 83.7 Å². The van der Waals surface area contributed by atoms with Gasteiger partial charge < -0.3 is 15.5 Å². The van der Waals surface area contributed by atoms with Gasteiger partial charge in [-0.3, -0.25) is 9.59 Å². The van der Waals surface area contributed by atoms with Crippen molar-refractivity contribution in [3.63, 3.8) is 0 Å².